The zero-order chi connectivity index (χ0) is 17.6. The molecule has 2 rings (SSSR count). The van der Waals surface area contributed by atoms with E-state index in [-0.39, 0.29) is 24.4 Å². The molecular formula is C18H14ClF3N2. The van der Waals surface area contributed by atoms with E-state index in [2.05, 4.69) is 4.99 Å². The van der Waals surface area contributed by atoms with Crippen LogP contribution in [0.15, 0.2) is 53.5 Å². The van der Waals surface area contributed by atoms with Crippen LogP contribution in [0.3, 0.4) is 0 Å². The Morgan fingerprint density at radius 1 is 1.12 bits per heavy atom. The minimum absolute atomic E-state index is 0.172. The van der Waals surface area contributed by atoms with Crippen LogP contribution in [-0.2, 0) is 13.0 Å². The summed E-state index contributed by atoms with van der Waals surface area (Å²) in [5, 5.41) is 9.01. The zero-order valence-electron chi connectivity index (χ0n) is 12.6. The molecule has 0 aliphatic heterocycles. The van der Waals surface area contributed by atoms with Crippen molar-refractivity contribution in [3.05, 3.63) is 70.2 Å². The van der Waals surface area contributed by atoms with Crippen molar-refractivity contribution in [1.82, 2.24) is 0 Å². The predicted octanol–water partition coefficient (Wildman–Crippen LogP) is 5.35. The highest BCUT2D eigenvalue weighted by Gasteiger charge is 2.34. The van der Waals surface area contributed by atoms with Crippen molar-refractivity contribution in [2.24, 2.45) is 4.99 Å². The van der Waals surface area contributed by atoms with Crippen LogP contribution < -0.4 is 0 Å². The first-order valence-corrected chi connectivity index (χ1v) is 7.61. The summed E-state index contributed by atoms with van der Waals surface area (Å²) in [6, 6.07) is 15.3. The Morgan fingerprint density at radius 3 is 2.42 bits per heavy atom. The van der Waals surface area contributed by atoms with E-state index in [0.29, 0.717) is 11.1 Å². The van der Waals surface area contributed by atoms with Gasteiger partial charge in [-0.2, -0.15) is 18.4 Å². The zero-order valence-corrected chi connectivity index (χ0v) is 13.4. The topological polar surface area (TPSA) is 36.1 Å². The minimum atomic E-state index is -4.48. The number of rotatable bonds is 5. The van der Waals surface area contributed by atoms with Gasteiger partial charge in [0.15, 0.2) is 0 Å². The van der Waals surface area contributed by atoms with Gasteiger partial charge >= 0.3 is 6.18 Å². The van der Waals surface area contributed by atoms with Crippen LogP contribution in [0.4, 0.5) is 13.2 Å². The van der Waals surface area contributed by atoms with Crippen molar-refractivity contribution < 1.29 is 13.2 Å². The van der Waals surface area contributed by atoms with E-state index in [0.717, 1.165) is 5.56 Å². The molecule has 124 valence electrons. The van der Waals surface area contributed by atoms with Crippen LogP contribution >= 0.6 is 11.6 Å². The second kappa shape index (κ2) is 7.98. The van der Waals surface area contributed by atoms with Crippen LogP contribution in [0, 0.1) is 11.3 Å². The molecule has 2 aromatic carbocycles. The van der Waals surface area contributed by atoms with E-state index in [1.807, 2.05) is 12.1 Å². The van der Waals surface area contributed by atoms with Crippen LogP contribution in [0.25, 0.3) is 0 Å². The molecule has 0 unspecified atom stereocenters. The van der Waals surface area contributed by atoms with Gasteiger partial charge in [0.1, 0.15) is 5.71 Å². The maximum atomic E-state index is 13.1. The minimum Gasteiger partial charge on any atom is -0.280 e. The van der Waals surface area contributed by atoms with Crippen LogP contribution in [-0.4, -0.2) is 11.9 Å². The highest BCUT2D eigenvalue weighted by Crippen LogP contribution is 2.23. The number of benzene rings is 2. The fourth-order valence-corrected chi connectivity index (χ4v) is 2.38. The average molecular weight is 351 g/mol. The number of alkyl halides is 3. The van der Waals surface area contributed by atoms with Gasteiger partial charge in [0, 0.05) is 5.02 Å². The van der Waals surface area contributed by atoms with Crippen molar-refractivity contribution in [2.75, 3.05) is 0 Å². The Morgan fingerprint density at radius 2 is 1.83 bits per heavy atom. The Hall–Kier alpha value is -2.32. The largest absolute Gasteiger partial charge is 0.429 e. The quantitative estimate of drug-likeness (QED) is 0.670. The third-order valence-corrected chi connectivity index (χ3v) is 3.79. The van der Waals surface area contributed by atoms with Gasteiger partial charge in [-0.05, 0) is 36.1 Å². The summed E-state index contributed by atoms with van der Waals surface area (Å²) in [6.07, 6.45) is -4.41. The number of aryl methyl sites for hydroxylation is 1. The van der Waals surface area contributed by atoms with E-state index < -0.39 is 11.9 Å². The standard InChI is InChI=1S/C18H14ClF3N2/c19-16-10-14(11-23)6-8-15(16)12-24-17(18(20,21)22)9-7-13-4-2-1-3-5-13/h1-6,8,10H,7,9,12H2. The van der Waals surface area contributed by atoms with Gasteiger partial charge in [-0.3, -0.25) is 4.99 Å². The second-order valence-corrected chi connectivity index (χ2v) is 5.57. The molecule has 0 aliphatic carbocycles. The van der Waals surface area contributed by atoms with Crippen molar-refractivity contribution in [1.29, 1.82) is 5.26 Å². The maximum absolute atomic E-state index is 13.1. The smallest absolute Gasteiger partial charge is 0.280 e. The lowest BCUT2D eigenvalue weighted by atomic mass is 10.1. The van der Waals surface area contributed by atoms with Crippen molar-refractivity contribution in [3.8, 4) is 6.07 Å². The molecular weight excluding hydrogens is 337 g/mol. The summed E-state index contributed by atoms with van der Waals surface area (Å²) < 4.78 is 39.4. The lowest BCUT2D eigenvalue weighted by Gasteiger charge is -2.11. The van der Waals surface area contributed by atoms with E-state index in [1.165, 1.54) is 18.2 Å². The summed E-state index contributed by atoms with van der Waals surface area (Å²) in [5.41, 5.74) is 0.822. The molecule has 0 aliphatic rings. The monoisotopic (exact) mass is 350 g/mol. The normalized spacial score (nSPS) is 12.0. The number of hydrogen-bond donors (Lipinski definition) is 0. The van der Waals surface area contributed by atoms with Gasteiger partial charge in [0.2, 0.25) is 0 Å². The molecule has 6 heteroatoms. The van der Waals surface area contributed by atoms with Crippen LogP contribution in [0.1, 0.15) is 23.1 Å². The Labute approximate surface area is 143 Å². The molecule has 0 bridgehead atoms. The average Bonchev–Trinajstić information content (AvgIpc) is 2.55. The van der Waals surface area contributed by atoms with Gasteiger partial charge < -0.3 is 0 Å². The van der Waals surface area contributed by atoms with Crippen molar-refractivity contribution >= 4 is 17.3 Å². The third kappa shape index (κ3) is 5.10. The third-order valence-electron chi connectivity index (χ3n) is 3.44. The lowest BCUT2D eigenvalue weighted by Crippen LogP contribution is -2.23. The van der Waals surface area contributed by atoms with Gasteiger partial charge in [-0.25, -0.2) is 0 Å². The highest BCUT2D eigenvalue weighted by molar-refractivity contribution is 6.31. The molecule has 0 atom stereocenters. The predicted molar refractivity (Wildman–Crippen MR) is 88.1 cm³/mol. The molecule has 0 heterocycles. The van der Waals surface area contributed by atoms with Crippen LogP contribution in [0.2, 0.25) is 5.02 Å². The fourth-order valence-electron chi connectivity index (χ4n) is 2.14. The maximum Gasteiger partial charge on any atom is 0.429 e. The molecule has 24 heavy (non-hydrogen) atoms. The summed E-state index contributed by atoms with van der Waals surface area (Å²) >= 11 is 5.98. The van der Waals surface area contributed by atoms with Gasteiger partial charge in [0.05, 0.1) is 18.2 Å². The summed E-state index contributed by atoms with van der Waals surface area (Å²) in [4.78, 5) is 3.72. The molecule has 0 saturated carbocycles. The molecule has 0 amide bonds. The van der Waals surface area contributed by atoms with E-state index in [9.17, 15) is 13.2 Å². The molecule has 0 radical (unpaired) electrons. The van der Waals surface area contributed by atoms with E-state index in [4.69, 9.17) is 16.9 Å². The number of nitrogens with zero attached hydrogens (tertiary/aromatic N) is 2. The first-order chi connectivity index (χ1) is 11.4. The Balaban J connectivity index is 2.13. The summed E-state index contributed by atoms with van der Waals surface area (Å²) in [5.74, 6) is 0. The first-order valence-electron chi connectivity index (χ1n) is 7.23. The van der Waals surface area contributed by atoms with Crippen molar-refractivity contribution in [2.45, 2.75) is 25.6 Å². The molecule has 0 aromatic heterocycles. The van der Waals surface area contributed by atoms with E-state index in [1.54, 1.807) is 24.3 Å². The van der Waals surface area contributed by atoms with Gasteiger partial charge in [-0.1, -0.05) is 48.0 Å². The van der Waals surface area contributed by atoms with Crippen molar-refractivity contribution in [3.63, 3.8) is 0 Å². The summed E-state index contributed by atoms with van der Waals surface area (Å²) in [6.45, 7) is -0.172. The number of aliphatic imine (C=N–C) groups is 1. The van der Waals surface area contributed by atoms with Gasteiger partial charge in [0.25, 0.3) is 0 Å². The number of nitriles is 1. The molecule has 0 N–H and O–H groups in total. The Bertz CT molecular complexity index is 762. The molecule has 0 spiro atoms. The summed E-state index contributed by atoms with van der Waals surface area (Å²) in [7, 11) is 0. The molecule has 2 nitrogen and oxygen atoms in total. The highest BCUT2D eigenvalue weighted by atomic mass is 35.5. The molecule has 0 fully saturated rings. The number of hydrogen-bond acceptors (Lipinski definition) is 2. The van der Waals surface area contributed by atoms with Gasteiger partial charge in [-0.15, -0.1) is 0 Å². The SMILES string of the molecule is N#Cc1ccc(CN=C(CCc2ccccc2)C(F)(F)F)c(Cl)c1. The van der Waals surface area contributed by atoms with Crippen LogP contribution in [0.5, 0.6) is 0 Å². The second-order valence-electron chi connectivity index (χ2n) is 5.16. The van der Waals surface area contributed by atoms with E-state index >= 15 is 0 Å². The number of halogens is 4. The lowest BCUT2D eigenvalue weighted by molar-refractivity contribution is -0.0607. The first kappa shape index (κ1) is 18.0. The Kier molecular flexibility index (Phi) is 5.99. The molecule has 0 saturated heterocycles. The fraction of sp³-hybridized carbons (Fsp3) is 0.222. The molecule has 2 aromatic rings.